The smallest absolute Gasteiger partial charge is 0.227 e. The van der Waals surface area contributed by atoms with Gasteiger partial charge in [0.15, 0.2) is 5.78 Å². The number of fused-ring (bicyclic) bond motifs is 1. The van der Waals surface area contributed by atoms with Crippen LogP contribution in [0.4, 0.5) is 11.4 Å². The van der Waals surface area contributed by atoms with E-state index in [1.54, 1.807) is 41.1 Å². The fraction of sp³-hybridized carbons (Fsp3) is 0.353. The van der Waals surface area contributed by atoms with E-state index in [1.165, 1.54) is 6.92 Å². The molecule has 1 N–H and O–H groups in total. The maximum atomic E-state index is 12.7. The van der Waals surface area contributed by atoms with Gasteiger partial charge >= 0.3 is 0 Å². The summed E-state index contributed by atoms with van der Waals surface area (Å²) in [6.45, 7) is 3.46. The molecule has 1 aliphatic heterocycles. The molecule has 2 rings (SSSR count). The van der Waals surface area contributed by atoms with E-state index in [0.717, 1.165) is 0 Å². The SMILES string of the molecule is CCC(=O)N1C/C(=C/N(C)C)C(=O)c2cc(NC(C)=O)ccc21. The van der Waals surface area contributed by atoms with E-state index in [1.807, 2.05) is 14.1 Å². The summed E-state index contributed by atoms with van der Waals surface area (Å²) in [5.74, 6) is -0.379. The number of ketones is 1. The fourth-order valence-corrected chi connectivity index (χ4v) is 2.56. The summed E-state index contributed by atoms with van der Waals surface area (Å²) >= 11 is 0. The van der Waals surface area contributed by atoms with Gasteiger partial charge in [0.2, 0.25) is 11.8 Å². The van der Waals surface area contributed by atoms with Crippen LogP contribution in [0.15, 0.2) is 30.0 Å². The number of carbonyl (C=O) groups excluding carboxylic acids is 3. The summed E-state index contributed by atoms with van der Waals surface area (Å²) in [6.07, 6.45) is 2.09. The number of carbonyl (C=O) groups is 3. The van der Waals surface area contributed by atoms with Crippen LogP contribution in [0.1, 0.15) is 30.6 Å². The van der Waals surface area contributed by atoms with Gasteiger partial charge in [-0.2, -0.15) is 0 Å². The quantitative estimate of drug-likeness (QED) is 0.867. The number of benzene rings is 1. The van der Waals surface area contributed by atoms with Crippen LogP contribution in [-0.4, -0.2) is 43.1 Å². The van der Waals surface area contributed by atoms with E-state index in [0.29, 0.717) is 28.9 Å². The number of rotatable bonds is 3. The van der Waals surface area contributed by atoms with Gasteiger partial charge in [-0.3, -0.25) is 14.4 Å². The molecule has 2 amide bonds. The van der Waals surface area contributed by atoms with E-state index in [2.05, 4.69) is 5.32 Å². The third kappa shape index (κ3) is 3.59. The molecule has 1 aromatic carbocycles. The third-order valence-corrected chi connectivity index (χ3v) is 3.49. The van der Waals surface area contributed by atoms with Crippen molar-refractivity contribution in [1.29, 1.82) is 0 Å². The van der Waals surface area contributed by atoms with E-state index >= 15 is 0 Å². The Morgan fingerprint density at radius 3 is 2.61 bits per heavy atom. The molecule has 0 saturated carbocycles. The van der Waals surface area contributed by atoms with Crippen LogP contribution < -0.4 is 10.2 Å². The monoisotopic (exact) mass is 315 g/mol. The molecule has 0 spiro atoms. The first-order chi connectivity index (χ1) is 10.8. The number of Topliss-reactive ketones (excluding diaryl/α,β-unsaturated/α-hetero) is 1. The molecular formula is C17H21N3O3. The normalized spacial score (nSPS) is 15.4. The van der Waals surface area contributed by atoms with Crippen molar-refractivity contribution in [3.8, 4) is 0 Å². The number of amides is 2. The van der Waals surface area contributed by atoms with Crippen LogP contribution in [0.2, 0.25) is 0 Å². The molecule has 1 aliphatic rings. The largest absolute Gasteiger partial charge is 0.383 e. The lowest BCUT2D eigenvalue weighted by atomic mass is 9.95. The van der Waals surface area contributed by atoms with E-state index in [9.17, 15) is 14.4 Å². The summed E-state index contributed by atoms with van der Waals surface area (Å²) < 4.78 is 0. The molecule has 0 unspecified atom stereocenters. The van der Waals surface area contributed by atoms with Crippen molar-refractivity contribution < 1.29 is 14.4 Å². The summed E-state index contributed by atoms with van der Waals surface area (Å²) in [5, 5.41) is 2.66. The predicted octanol–water partition coefficient (Wildman–Crippen LogP) is 2.03. The van der Waals surface area contributed by atoms with Crippen molar-refractivity contribution in [2.45, 2.75) is 20.3 Å². The van der Waals surface area contributed by atoms with Gasteiger partial charge in [-0.05, 0) is 18.2 Å². The summed E-state index contributed by atoms with van der Waals surface area (Å²) in [7, 11) is 3.66. The first-order valence-corrected chi connectivity index (χ1v) is 7.47. The van der Waals surface area contributed by atoms with Gasteiger partial charge in [0.05, 0.1) is 12.2 Å². The fourth-order valence-electron chi connectivity index (χ4n) is 2.56. The second kappa shape index (κ2) is 6.64. The molecule has 0 saturated heterocycles. The summed E-state index contributed by atoms with van der Waals surface area (Å²) in [6, 6.07) is 5.03. The van der Waals surface area contributed by atoms with Crippen LogP contribution in [0, 0.1) is 0 Å². The molecule has 0 atom stereocenters. The maximum absolute atomic E-state index is 12.7. The molecule has 6 nitrogen and oxygen atoms in total. The van der Waals surface area contributed by atoms with Crippen LogP contribution in [0.3, 0.4) is 0 Å². The zero-order valence-corrected chi connectivity index (χ0v) is 13.8. The Morgan fingerprint density at radius 2 is 2.04 bits per heavy atom. The highest BCUT2D eigenvalue weighted by atomic mass is 16.2. The van der Waals surface area contributed by atoms with Crippen molar-refractivity contribution in [3.63, 3.8) is 0 Å². The lowest BCUT2D eigenvalue weighted by molar-refractivity contribution is -0.118. The van der Waals surface area contributed by atoms with Gasteiger partial charge < -0.3 is 15.1 Å². The molecule has 0 radical (unpaired) electrons. The Bertz CT molecular complexity index is 692. The minimum absolute atomic E-state index is 0.0457. The standard InChI is InChI=1S/C17H21N3O3/c1-5-16(22)20-10-12(9-19(3)4)17(23)14-8-13(18-11(2)21)6-7-15(14)20/h6-9H,5,10H2,1-4H3,(H,18,21)/b12-9-. The van der Waals surface area contributed by atoms with Gasteiger partial charge in [0, 0.05) is 50.5 Å². The third-order valence-electron chi connectivity index (χ3n) is 3.49. The van der Waals surface area contributed by atoms with E-state index < -0.39 is 0 Å². The van der Waals surface area contributed by atoms with Crippen molar-refractivity contribution in [3.05, 3.63) is 35.5 Å². The number of hydrogen-bond donors (Lipinski definition) is 1. The second-order valence-electron chi connectivity index (χ2n) is 5.69. The van der Waals surface area contributed by atoms with Gasteiger partial charge in [-0.1, -0.05) is 6.92 Å². The lowest BCUT2D eigenvalue weighted by Crippen LogP contribution is -2.39. The summed E-state index contributed by atoms with van der Waals surface area (Å²) in [5.41, 5.74) is 2.10. The highest BCUT2D eigenvalue weighted by Crippen LogP contribution is 2.32. The molecule has 122 valence electrons. The zero-order chi connectivity index (χ0) is 17.1. The molecule has 0 aromatic heterocycles. The van der Waals surface area contributed by atoms with Gasteiger partial charge in [0.25, 0.3) is 0 Å². The van der Waals surface area contributed by atoms with Gasteiger partial charge in [0.1, 0.15) is 0 Å². The average molecular weight is 315 g/mol. The molecule has 23 heavy (non-hydrogen) atoms. The molecule has 0 fully saturated rings. The number of nitrogens with zero attached hydrogens (tertiary/aromatic N) is 2. The second-order valence-corrected chi connectivity index (χ2v) is 5.69. The Kier molecular flexibility index (Phi) is 4.83. The molecule has 1 aromatic rings. The Morgan fingerprint density at radius 1 is 1.35 bits per heavy atom. The first-order valence-electron chi connectivity index (χ1n) is 7.47. The lowest BCUT2D eigenvalue weighted by Gasteiger charge is -2.31. The van der Waals surface area contributed by atoms with Crippen LogP contribution >= 0.6 is 0 Å². The van der Waals surface area contributed by atoms with Crippen molar-refractivity contribution >= 4 is 29.0 Å². The minimum Gasteiger partial charge on any atom is -0.383 e. The van der Waals surface area contributed by atoms with E-state index in [4.69, 9.17) is 0 Å². The highest BCUT2D eigenvalue weighted by molar-refractivity contribution is 6.18. The molecule has 0 bridgehead atoms. The topological polar surface area (TPSA) is 69.7 Å². The average Bonchev–Trinajstić information content (AvgIpc) is 2.48. The number of anilines is 2. The predicted molar refractivity (Wildman–Crippen MR) is 89.5 cm³/mol. The molecule has 1 heterocycles. The maximum Gasteiger partial charge on any atom is 0.227 e. The summed E-state index contributed by atoms with van der Waals surface area (Å²) in [4.78, 5) is 39.5. The van der Waals surface area contributed by atoms with E-state index in [-0.39, 0.29) is 24.1 Å². The van der Waals surface area contributed by atoms with Crippen molar-refractivity contribution in [2.24, 2.45) is 0 Å². The molecule has 0 aliphatic carbocycles. The molecule has 6 heteroatoms. The molecular weight excluding hydrogens is 294 g/mol. The zero-order valence-electron chi connectivity index (χ0n) is 13.8. The Labute approximate surface area is 135 Å². The Hall–Kier alpha value is -2.63. The highest BCUT2D eigenvalue weighted by Gasteiger charge is 2.30. The van der Waals surface area contributed by atoms with Gasteiger partial charge in [-0.15, -0.1) is 0 Å². The van der Waals surface area contributed by atoms with Crippen LogP contribution in [0.5, 0.6) is 0 Å². The number of hydrogen-bond acceptors (Lipinski definition) is 4. The Balaban J connectivity index is 2.54. The first kappa shape index (κ1) is 16.7. The van der Waals surface area contributed by atoms with Crippen molar-refractivity contribution in [2.75, 3.05) is 30.9 Å². The minimum atomic E-state index is -0.209. The number of nitrogens with one attached hydrogen (secondary N) is 1. The van der Waals surface area contributed by atoms with Crippen molar-refractivity contribution in [1.82, 2.24) is 4.90 Å². The van der Waals surface area contributed by atoms with Crippen LogP contribution in [-0.2, 0) is 9.59 Å². The van der Waals surface area contributed by atoms with Crippen LogP contribution in [0.25, 0.3) is 0 Å². The van der Waals surface area contributed by atoms with Gasteiger partial charge in [-0.25, -0.2) is 0 Å².